The van der Waals surface area contributed by atoms with Crippen molar-refractivity contribution >= 4 is 52.2 Å². The van der Waals surface area contributed by atoms with Crippen LogP contribution in [0.15, 0.2) is 78.4 Å². The Hall–Kier alpha value is -2.88. The molecule has 160 valence electrons. The molecule has 1 amide bonds. The normalized spacial score (nSPS) is 26.4. The second-order valence-corrected chi connectivity index (χ2v) is 9.38. The molecule has 5 rings (SSSR count). The zero-order valence-electron chi connectivity index (χ0n) is 17.3. The van der Waals surface area contributed by atoms with Gasteiger partial charge in [-0.15, -0.1) is 0 Å². The van der Waals surface area contributed by atoms with Gasteiger partial charge in [0.1, 0.15) is 0 Å². The van der Waals surface area contributed by atoms with Crippen molar-refractivity contribution in [1.29, 1.82) is 0 Å². The molecular weight excluding hydrogens is 441 g/mol. The molecule has 2 aliphatic carbocycles. The average molecular weight is 462 g/mol. The molecule has 0 aromatic heterocycles. The van der Waals surface area contributed by atoms with Gasteiger partial charge in [-0.2, -0.15) is 0 Å². The van der Waals surface area contributed by atoms with Crippen LogP contribution in [0.2, 0.25) is 5.02 Å². The van der Waals surface area contributed by atoms with Crippen molar-refractivity contribution in [2.24, 2.45) is 11.8 Å². The van der Waals surface area contributed by atoms with Gasteiger partial charge in [0.25, 0.3) is 0 Å². The Kier molecular flexibility index (Phi) is 5.19. The van der Waals surface area contributed by atoms with E-state index in [0.29, 0.717) is 22.7 Å². The topological polar surface area (TPSA) is 46.2 Å². The highest BCUT2D eigenvalue weighted by molar-refractivity contribution is 6.31. The van der Waals surface area contributed by atoms with E-state index in [4.69, 9.17) is 23.2 Å². The minimum Gasteiger partial charge on any atom is -0.325 e. The molecule has 0 radical (unpaired) electrons. The number of anilines is 1. The number of hydrogen-bond acceptors (Lipinski definition) is 2. The van der Waals surface area contributed by atoms with Crippen molar-refractivity contribution in [3.8, 4) is 0 Å². The third-order valence-electron chi connectivity index (χ3n) is 6.77. The maximum atomic E-state index is 13.7. The molecule has 32 heavy (non-hydrogen) atoms. The lowest BCUT2D eigenvalue weighted by atomic mass is 9.59. The Balaban J connectivity index is 1.76. The number of ketones is 1. The lowest BCUT2D eigenvalue weighted by molar-refractivity contribution is -0.123. The number of benzene rings is 2. The van der Waals surface area contributed by atoms with Gasteiger partial charge in [-0.25, -0.2) is 0 Å². The maximum absolute atomic E-state index is 13.7. The molecule has 3 aliphatic rings. The molecule has 0 bridgehead atoms. The summed E-state index contributed by atoms with van der Waals surface area (Å²) in [6.07, 6.45) is 10.3. The zero-order valence-corrected chi connectivity index (χ0v) is 18.8. The van der Waals surface area contributed by atoms with E-state index in [0.717, 1.165) is 21.7 Å². The molecule has 1 spiro atoms. The van der Waals surface area contributed by atoms with Crippen LogP contribution in [-0.4, -0.2) is 11.7 Å². The highest BCUT2D eigenvalue weighted by Crippen LogP contribution is 2.54. The van der Waals surface area contributed by atoms with E-state index in [2.05, 4.69) is 18.0 Å². The van der Waals surface area contributed by atoms with Crippen LogP contribution in [0.1, 0.15) is 29.5 Å². The number of amides is 1. The van der Waals surface area contributed by atoms with E-state index < -0.39 is 5.41 Å². The lowest BCUT2D eigenvalue weighted by Gasteiger charge is -2.41. The summed E-state index contributed by atoms with van der Waals surface area (Å²) in [4.78, 5) is 27.2. The molecule has 1 aliphatic heterocycles. The van der Waals surface area contributed by atoms with E-state index >= 15 is 0 Å². The second-order valence-electron chi connectivity index (χ2n) is 8.46. The summed E-state index contributed by atoms with van der Waals surface area (Å²) >= 11 is 12.6. The Morgan fingerprint density at radius 3 is 2.69 bits per heavy atom. The molecule has 2 aromatic carbocycles. The van der Waals surface area contributed by atoms with Crippen LogP contribution in [0.25, 0.3) is 11.6 Å². The van der Waals surface area contributed by atoms with Gasteiger partial charge in [0.05, 0.1) is 5.41 Å². The van der Waals surface area contributed by atoms with Crippen molar-refractivity contribution < 1.29 is 9.59 Å². The van der Waals surface area contributed by atoms with E-state index in [9.17, 15) is 9.59 Å². The van der Waals surface area contributed by atoms with Gasteiger partial charge in [-0.3, -0.25) is 9.59 Å². The number of carbonyl (C=O) groups is 2. The third-order valence-corrected chi connectivity index (χ3v) is 7.28. The number of hydrogen-bond donors (Lipinski definition) is 1. The zero-order chi connectivity index (χ0) is 22.5. The summed E-state index contributed by atoms with van der Waals surface area (Å²) in [5.74, 6) is -0.434. The molecular formula is C27H21Cl2NO2. The first-order valence-corrected chi connectivity index (χ1v) is 11.3. The quantitative estimate of drug-likeness (QED) is 0.563. The van der Waals surface area contributed by atoms with Crippen LogP contribution >= 0.6 is 23.2 Å². The number of rotatable bonds is 3. The number of Topliss-reactive ketones (excluding diaryl/α,β-unsaturated/α-hetero) is 1. The van der Waals surface area contributed by atoms with Crippen LogP contribution in [-0.2, 0) is 15.0 Å². The standard InChI is InChI=1S/C27H21Cl2NO2/c1-2-16-6-3-4-9-20(16)21-15-27(22-11-10-19(29)13-24(22)30-26(27)32)23(14-25(21)31)17-7-5-8-18(28)12-17/h2-11,13,15,17,23H,1,12,14H2,(H,30,32)/t17?,23-,27-/m0/s1. The Labute approximate surface area is 197 Å². The van der Waals surface area contributed by atoms with Gasteiger partial charge >= 0.3 is 0 Å². The fourth-order valence-corrected chi connectivity index (χ4v) is 5.73. The van der Waals surface area contributed by atoms with Gasteiger partial charge in [-0.1, -0.05) is 84.4 Å². The monoisotopic (exact) mass is 461 g/mol. The molecule has 0 fully saturated rings. The van der Waals surface area contributed by atoms with Gasteiger partial charge in [0.2, 0.25) is 5.91 Å². The minimum atomic E-state index is -0.999. The first kappa shape index (κ1) is 21.0. The number of nitrogens with one attached hydrogen (secondary N) is 1. The molecule has 1 unspecified atom stereocenters. The highest BCUT2D eigenvalue weighted by Gasteiger charge is 2.56. The van der Waals surface area contributed by atoms with Crippen molar-refractivity contribution in [3.63, 3.8) is 0 Å². The van der Waals surface area contributed by atoms with Crippen LogP contribution in [0, 0.1) is 11.8 Å². The highest BCUT2D eigenvalue weighted by atomic mass is 35.5. The summed E-state index contributed by atoms with van der Waals surface area (Å²) in [7, 11) is 0. The molecule has 0 saturated carbocycles. The smallest absolute Gasteiger partial charge is 0.239 e. The van der Waals surface area contributed by atoms with Crippen LogP contribution in [0.3, 0.4) is 0 Å². The van der Waals surface area contributed by atoms with E-state index in [1.807, 2.05) is 48.6 Å². The average Bonchev–Trinajstić information content (AvgIpc) is 3.05. The summed E-state index contributed by atoms with van der Waals surface area (Å²) in [5, 5.41) is 4.30. The summed E-state index contributed by atoms with van der Waals surface area (Å²) in [6.45, 7) is 3.90. The van der Waals surface area contributed by atoms with E-state index in [1.165, 1.54) is 0 Å². The number of allylic oxidation sites excluding steroid dienone is 5. The molecule has 1 N–H and O–H groups in total. The van der Waals surface area contributed by atoms with Gasteiger partial charge in [0.15, 0.2) is 5.78 Å². The summed E-state index contributed by atoms with van der Waals surface area (Å²) in [6, 6.07) is 13.1. The molecule has 2 aromatic rings. The minimum absolute atomic E-state index is 0.0178. The molecule has 5 heteroatoms. The summed E-state index contributed by atoms with van der Waals surface area (Å²) < 4.78 is 0. The number of halogens is 2. The van der Waals surface area contributed by atoms with E-state index in [1.54, 1.807) is 18.2 Å². The Morgan fingerprint density at radius 2 is 1.91 bits per heavy atom. The Bertz CT molecular complexity index is 1260. The molecule has 1 heterocycles. The van der Waals surface area contributed by atoms with Crippen molar-refractivity contribution in [2.75, 3.05) is 5.32 Å². The number of carbonyl (C=O) groups excluding carboxylic acids is 2. The summed E-state index contributed by atoms with van der Waals surface area (Å²) in [5.41, 5.74) is 2.74. The number of fused-ring (bicyclic) bond motifs is 2. The molecule has 0 saturated heterocycles. The molecule has 3 atom stereocenters. The third kappa shape index (κ3) is 3.19. The second kappa shape index (κ2) is 7.91. The predicted molar refractivity (Wildman–Crippen MR) is 131 cm³/mol. The van der Waals surface area contributed by atoms with Crippen molar-refractivity contribution in [3.05, 3.63) is 100 Å². The SMILES string of the molecule is C=Cc1ccccc1C1=C[C@@]2(C(=O)Nc3cc(Cl)ccc32)[C@H](C2C=CC=C(Cl)C2)CC1=O. The maximum Gasteiger partial charge on any atom is 0.239 e. The lowest BCUT2D eigenvalue weighted by Crippen LogP contribution is -2.47. The molecule has 3 nitrogen and oxygen atoms in total. The Morgan fingerprint density at radius 1 is 1.09 bits per heavy atom. The van der Waals surface area contributed by atoms with Crippen LogP contribution in [0.4, 0.5) is 5.69 Å². The van der Waals surface area contributed by atoms with Crippen molar-refractivity contribution in [1.82, 2.24) is 0 Å². The fourth-order valence-electron chi connectivity index (χ4n) is 5.30. The van der Waals surface area contributed by atoms with Gasteiger partial charge in [-0.05, 0) is 53.2 Å². The van der Waals surface area contributed by atoms with Gasteiger partial charge in [0, 0.05) is 27.7 Å². The largest absolute Gasteiger partial charge is 0.325 e. The van der Waals surface area contributed by atoms with E-state index in [-0.39, 0.29) is 29.9 Å². The van der Waals surface area contributed by atoms with Gasteiger partial charge < -0.3 is 5.32 Å². The first-order valence-electron chi connectivity index (χ1n) is 10.6. The van der Waals surface area contributed by atoms with Crippen LogP contribution in [0.5, 0.6) is 0 Å². The fraction of sp³-hybridized carbons (Fsp3) is 0.185. The first-order chi connectivity index (χ1) is 15.4. The van der Waals surface area contributed by atoms with Crippen molar-refractivity contribution in [2.45, 2.75) is 18.3 Å². The predicted octanol–water partition coefficient (Wildman–Crippen LogP) is 6.54. The van der Waals surface area contributed by atoms with Crippen LogP contribution < -0.4 is 5.32 Å².